The van der Waals surface area contributed by atoms with Crippen LogP contribution < -0.4 is 5.32 Å². The molecule has 0 spiro atoms. The van der Waals surface area contributed by atoms with Gasteiger partial charge in [-0.3, -0.25) is 0 Å². The third-order valence-corrected chi connectivity index (χ3v) is 2.46. The van der Waals surface area contributed by atoms with Crippen molar-refractivity contribution in [3.63, 3.8) is 0 Å². The Morgan fingerprint density at radius 1 is 1.57 bits per heavy atom. The van der Waals surface area contributed by atoms with E-state index in [0.29, 0.717) is 6.04 Å². The summed E-state index contributed by atoms with van der Waals surface area (Å²) in [6, 6.07) is 2.49. The lowest BCUT2D eigenvalue weighted by molar-refractivity contribution is 0.485. The van der Waals surface area contributed by atoms with Crippen LogP contribution in [-0.4, -0.2) is 7.05 Å². The number of hydrogen-bond acceptors (Lipinski definition) is 2. The van der Waals surface area contributed by atoms with Crippen LogP contribution in [0.4, 0.5) is 0 Å². The van der Waals surface area contributed by atoms with Gasteiger partial charge in [-0.25, -0.2) is 0 Å². The second-order valence-corrected chi connectivity index (χ2v) is 3.58. The molecule has 14 heavy (non-hydrogen) atoms. The highest BCUT2D eigenvalue weighted by Gasteiger charge is 2.14. The van der Waals surface area contributed by atoms with Crippen molar-refractivity contribution in [1.82, 2.24) is 5.32 Å². The molecule has 0 aromatic carbocycles. The topological polar surface area (TPSA) is 25.2 Å². The fraction of sp³-hybridized carbons (Fsp3) is 0.500. The molecule has 1 rings (SSSR count). The summed E-state index contributed by atoms with van der Waals surface area (Å²) in [4.78, 5) is 0. The monoisotopic (exact) mass is 193 g/mol. The smallest absolute Gasteiger partial charge is 0.105 e. The molecule has 1 N–H and O–H groups in total. The summed E-state index contributed by atoms with van der Waals surface area (Å²) < 4.78 is 5.51. The van der Waals surface area contributed by atoms with E-state index >= 15 is 0 Å². The second-order valence-electron chi connectivity index (χ2n) is 3.58. The molecule has 0 aliphatic carbocycles. The molecule has 0 fully saturated rings. The van der Waals surface area contributed by atoms with Crippen molar-refractivity contribution in [2.24, 2.45) is 0 Å². The van der Waals surface area contributed by atoms with Crippen LogP contribution in [0.25, 0.3) is 0 Å². The fourth-order valence-electron chi connectivity index (χ4n) is 1.74. The lowest BCUT2D eigenvalue weighted by atomic mass is 10.0. The summed E-state index contributed by atoms with van der Waals surface area (Å²) in [6.45, 7) is 7.73. The molecule has 2 nitrogen and oxygen atoms in total. The van der Waals surface area contributed by atoms with Crippen LogP contribution in [0.2, 0.25) is 0 Å². The molecular weight excluding hydrogens is 174 g/mol. The SMILES string of the molecule is C=CCCC(NC)c1cc(C)oc1C. The Balaban J connectivity index is 2.77. The molecule has 1 atom stereocenters. The standard InChI is InChI=1S/C12H19NO/c1-5-6-7-12(13-4)11-8-9(2)14-10(11)3/h5,8,12-13H,1,6-7H2,2-4H3. The van der Waals surface area contributed by atoms with Crippen LogP contribution in [0.5, 0.6) is 0 Å². The Hall–Kier alpha value is -1.02. The molecule has 1 aromatic rings. The van der Waals surface area contributed by atoms with Crippen LogP contribution in [0, 0.1) is 13.8 Å². The van der Waals surface area contributed by atoms with Crippen LogP contribution in [0.1, 0.15) is 36.0 Å². The van der Waals surface area contributed by atoms with E-state index in [9.17, 15) is 0 Å². The normalized spacial score (nSPS) is 12.8. The van der Waals surface area contributed by atoms with E-state index in [0.717, 1.165) is 24.4 Å². The summed E-state index contributed by atoms with van der Waals surface area (Å²) in [6.07, 6.45) is 4.04. The highest BCUT2D eigenvalue weighted by molar-refractivity contribution is 5.24. The van der Waals surface area contributed by atoms with E-state index in [1.54, 1.807) is 0 Å². The van der Waals surface area contributed by atoms with Gasteiger partial charge in [-0.15, -0.1) is 6.58 Å². The summed E-state index contributed by atoms with van der Waals surface area (Å²) in [5, 5.41) is 3.30. The van der Waals surface area contributed by atoms with Gasteiger partial charge in [0.2, 0.25) is 0 Å². The second kappa shape index (κ2) is 5.01. The maximum Gasteiger partial charge on any atom is 0.105 e. The molecule has 0 saturated carbocycles. The zero-order valence-electron chi connectivity index (χ0n) is 9.26. The van der Waals surface area contributed by atoms with Gasteiger partial charge in [-0.1, -0.05) is 6.08 Å². The molecule has 0 aliphatic heterocycles. The molecule has 0 saturated heterocycles. The maximum absolute atomic E-state index is 5.51. The van der Waals surface area contributed by atoms with Crippen LogP contribution >= 0.6 is 0 Å². The third-order valence-electron chi connectivity index (χ3n) is 2.46. The predicted molar refractivity (Wildman–Crippen MR) is 59.4 cm³/mol. The zero-order chi connectivity index (χ0) is 10.6. The number of furan rings is 1. The van der Waals surface area contributed by atoms with E-state index < -0.39 is 0 Å². The molecule has 0 bridgehead atoms. The Morgan fingerprint density at radius 3 is 2.71 bits per heavy atom. The maximum atomic E-state index is 5.51. The fourth-order valence-corrected chi connectivity index (χ4v) is 1.74. The zero-order valence-corrected chi connectivity index (χ0v) is 9.26. The lowest BCUT2D eigenvalue weighted by Crippen LogP contribution is -2.16. The van der Waals surface area contributed by atoms with Gasteiger partial charge in [0.15, 0.2) is 0 Å². The number of allylic oxidation sites excluding steroid dienone is 1. The van der Waals surface area contributed by atoms with Crippen molar-refractivity contribution >= 4 is 0 Å². The summed E-state index contributed by atoms with van der Waals surface area (Å²) in [5.41, 5.74) is 1.27. The summed E-state index contributed by atoms with van der Waals surface area (Å²) in [5.74, 6) is 2.00. The van der Waals surface area contributed by atoms with Crippen molar-refractivity contribution in [3.05, 3.63) is 35.8 Å². The molecule has 0 aliphatic rings. The first-order valence-corrected chi connectivity index (χ1v) is 5.04. The van der Waals surface area contributed by atoms with Gasteiger partial charge in [0.1, 0.15) is 11.5 Å². The number of rotatable bonds is 5. The first kappa shape index (κ1) is 11.1. The highest BCUT2D eigenvalue weighted by Crippen LogP contribution is 2.24. The van der Waals surface area contributed by atoms with Gasteiger partial charge in [-0.05, 0) is 39.8 Å². The van der Waals surface area contributed by atoms with Crippen molar-refractivity contribution in [2.45, 2.75) is 32.7 Å². The van der Waals surface area contributed by atoms with Gasteiger partial charge in [-0.2, -0.15) is 0 Å². The minimum Gasteiger partial charge on any atom is -0.466 e. The highest BCUT2D eigenvalue weighted by atomic mass is 16.3. The third kappa shape index (κ3) is 2.48. The molecular formula is C12H19NO. The largest absolute Gasteiger partial charge is 0.466 e. The molecule has 1 heterocycles. The molecule has 1 aromatic heterocycles. The Labute approximate surface area is 86.0 Å². The van der Waals surface area contributed by atoms with E-state index in [2.05, 4.69) is 18.0 Å². The van der Waals surface area contributed by atoms with E-state index in [1.807, 2.05) is 27.0 Å². The summed E-state index contributed by atoms with van der Waals surface area (Å²) >= 11 is 0. The van der Waals surface area contributed by atoms with Crippen molar-refractivity contribution in [3.8, 4) is 0 Å². The van der Waals surface area contributed by atoms with Crippen molar-refractivity contribution in [2.75, 3.05) is 7.05 Å². The number of hydrogen-bond donors (Lipinski definition) is 1. The van der Waals surface area contributed by atoms with E-state index in [4.69, 9.17) is 4.42 Å². The predicted octanol–water partition coefficient (Wildman–Crippen LogP) is 3.12. The van der Waals surface area contributed by atoms with Crippen LogP contribution in [-0.2, 0) is 0 Å². The minimum absolute atomic E-state index is 0.380. The van der Waals surface area contributed by atoms with Gasteiger partial charge in [0, 0.05) is 11.6 Å². The molecule has 1 unspecified atom stereocenters. The van der Waals surface area contributed by atoms with Gasteiger partial charge in [0.25, 0.3) is 0 Å². The van der Waals surface area contributed by atoms with Gasteiger partial charge in [0.05, 0.1) is 0 Å². The van der Waals surface area contributed by atoms with E-state index in [1.165, 1.54) is 5.56 Å². The van der Waals surface area contributed by atoms with Gasteiger partial charge >= 0.3 is 0 Å². The Morgan fingerprint density at radius 2 is 2.29 bits per heavy atom. The molecule has 0 radical (unpaired) electrons. The lowest BCUT2D eigenvalue weighted by Gasteiger charge is -2.13. The Kier molecular flexibility index (Phi) is 3.96. The molecule has 2 heteroatoms. The first-order valence-electron chi connectivity index (χ1n) is 5.04. The molecule has 0 amide bonds. The van der Waals surface area contributed by atoms with Crippen LogP contribution in [0.15, 0.2) is 23.1 Å². The van der Waals surface area contributed by atoms with Crippen molar-refractivity contribution in [1.29, 1.82) is 0 Å². The van der Waals surface area contributed by atoms with E-state index in [-0.39, 0.29) is 0 Å². The number of aryl methyl sites for hydroxylation is 2. The Bertz CT molecular complexity index is 301. The first-order chi connectivity index (χ1) is 6.69. The average Bonchev–Trinajstić information content (AvgIpc) is 2.47. The summed E-state index contributed by atoms with van der Waals surface area (Å²) in [7, 11) is 1.98. The number of nitrogens with one attached hydrogen (secondary N) is 1. The average molecular weight is 193 g/mol. The molecule has 78 valence electrons. The quantitative estimate of drug-likeness (QED) is 0.727. The van der Waals surface area contributed by atoms with Gasteiger partial charge < -0.3 is 9.73 Å². The van der Waals surface area contributed by atoms with Crippen molar-refractivity contribution < 1.29 is 4.42 Å². The van der Waals surface area contributed by atoms with Crippen LogP contribution in [0.3, 0.4) is 0 Å². The minimum atomic E-state index is 0.380.